The molecular weight excluding hydrogens is 439 g/mol. The smallest absolute Gasteiger partial charge is 0.401 e. The lowest BCUT2D eigenvalue weighted by molar-refractivity contribution is -0.153. The molecule has 1 aliphatic carbocycles. The van der Waals surface area contributed by atoms with Gasteiger partial charge in [-0.25, -0.2) is 8.78 Å². The first-order valence-electron chi connectivity index (χ1n) is 10.2. The van der Waals surface area contributed by atoms with Crippen LogP contribution in [0.15, 0.2) is 18.2 Å². The second-order valence-electron chi connectivity index (χ2n) is 7.87. The molecule has 3 rings (SSSR count). The van der Waals surface area contributed by atoms with Crippen molar-refractivity contribution in [2.75, 3.05) is 49.6 Å². The fourth-order valence-electron chi connectivity index (χ4n) is 3.57. The number of morpholine rings is 1. The molecule has 1 aromatic carbocycles. The van der Waals surface area contributed by atoms with Gasteiger partial charge in [0.15, 0.2) is 0 Å². The highest BCUT2D eigenvalue weighted by Gasteiger charge is 2.38. The van der Waals surface area contributed by atoms with Gasteiger partial charge in [0.2, 0.25) is 5.91 Å². The van der Waals surface area contributed by atoms with E-state index in [1.807, 2.05) is 0 Å². The number of hydrogen-bond donors (Lipinski definition) is 1. The summed E-state index contributed by atoms with van der Waals surface area (Å²) in [5.74, 6) is -1.33. The predicted molar refractivity (Wildman–Crippen MR) is 107 cm³/mol. The summed E-state index contributed by atoms with van der Waals surface area (Å²) in [4.78, 5) is 26.9. The van der Waals surface area contributed by atoms with Crippen molar-refractivity contribution >= 4 is 23.2 Å². The number of rotatable bonds is 9. The molecule has 2 aliphatic rings. The molecule has 178 valence electrons. The molecule has 32 heavy (non-hydrogen) atoms. The second-order valence-corrected chi connectivity index (χ2v) is 7.87. The standard InChI is InChI=1S/C20H24F5N4O3/c21-18(22)14-7-13(29-5-6-32-10-17(29)30)3-4-15(14)27-19(31)16(8-26)28(9-12-1-2-12)11-20(23,24)25/h3-4,7,12,16,18,26H,1-2,5-6,8-11H2,(H,27,31)/q-1/t16-/m1/s1. The molecule has 1 aliphatic heterocycles. The Bertz CT molecular complexity index is 832. The molecule has 0 aromatic heterocycles. The van der Waals surface area contributed by atoms with Crippen LogP contribution in [0.4, 0.5) is 33.3 Å². The van der Waals surface area contributed by atoms with Crippen molar-refractivity contribution < 1.29 is 36.3 Å². The van der Waals surface area contributed by atoms with E-state index < -0.39 is 49.1 Å². The van der Waals surface area contributed by atoms with Crippen LogP contribution < -0.4 is 10.2 Å². The zero-order valence-corrected chi connectivity index (χ0v) is 17.1. The Hall–Kier alpha value is -2.31. The molecule has 1 saturated heterocycles. The zero-order chi connectivity index (χ0) is 23.5. The summed E-state index contributed by atoms with van der Waals surface area (Å²) in [5.41, 5.74) is 6.98. The lowest BCUT2D eigenvalue weighted by Crippen LogP contribution is -2.50. The molecule has 2 N–H and O–H groups in total. The van der Waals surface area contributed by atoms with Crippen LogP contribution in [0.25, 0.3) is 5.73 Å². The minimum atomic E-state index is -4.57. The molecule has 0 bridgehead atoms. The van der Waals surface area contributed by atoms with Gasteiger partial charge >= 0.3 is 6.18 Å². The molecule has 0 radical (unpaired) electrons. The average molecular weight is 463 g/mol. The highest BCUT2D eigenvalue weighted by molar-refractivity contribution is 5.98. The first-order valence-corrected chi connectivity index (χ1v) is 10.2. The molecule has 12 heteroatoms. The molecular formula is C20H24F5N4O3-. The van der Waals surface area contributed by atoms with E-state index in [0.717, 1.165) is 23.8 Å². The number of benzene rings is 1. The molecule has 0 unspecified atom stereocenters. The van der Waals surface area contributed by atoms with Crippen molar-refractivity contribution in [2.24, 2.45) is 5.92 Å². The summed E-state index contributed by atoms with van der Waals surface area (Å²) >= 11 is 0. The first kappa shape index (κ1) is 24.3. The predicted octanol–water partition coefficient (Wildman–Crippen LogP) is 3.62. The van der Waals surface area contributed by atoms with Gasteiger partial charge in [-0.05, 0) is 37.0 Å². The van der Waals surface area contributed by atoms with Gasteiger partial charge in [-0.1, -0.05) is 0 Å². The highest BCUT2D eigenvalue weighted by atomic mass is 19.4. The van der Waals surface area contributed by atoms with Crippen LogP contribution in [0.2, 0.25) is 0 Å². The Morgan fingerprint density at radius 3 is 2.59 bits per heavy atom. The maximum absolute atomic E-state index is 13.7. The fourth-order valence-corrected chi connectivity index (χ4v) is 3.57. The summed E-state index contributed by atoms with van der Waals surface area (Å²) in [5, 5.41) is 2.27. The van der Waals surface area contributed by atoms with Crippen molar-refractivity contribution in [2.45, 2.75) is 31.5 Å². The minimum absolute atomic E-state index is 0.0102. The quantitative estimate of drug-likeness (QED) is 0.567. The van der Waals surface area contributed by atoms with Gasteiger partial charge in [0, 0.05) is 30.0 Å². The average Bonchev–Trinajstić information content (AvgIpc) is 3.52. The van der Waals surface area contributed by atoms with Gasteiger partial charge in [0.25, 0.3) is 12.3 Å². The van der Waals surface area contributed by atoms with Gasteiger partial charge in [0.05, 0.1) is 19.2 Å². The highest BCUT2D eigenvalue weighted by Crippen LogP contribution is 2.34. The third-order valence-corrected chi connectivity index (χ3v) is 5.33. The number of nitrogens with one attached hydrogen (secondary N) is 2. The fraction of sp³-hybridized carbons (Fsp3) is 0.600. The number of alkyl halides is 5. The molecule has 1 atom stereocenters. The monoisotopic (exact) mass is 463 g/mol. The van der Waals surface area contributed by atoms with E-state index >= 15 is 0 Å². The van der Waals surface area contributed by atoms with Gasteiger partial charge in [-0.15, -0.1) is 6.54 Å². The maximum Gasteiger partial charge on any atom is 0.401 e. The van der Waals surface area contributed by atoms with Crippen molar-refractivity contribution in [1.82, 2.24) is 4.90 Å². The third kappa shape index (κ3) is 6.36. The first-order chi connectivity index (χ1) is 15.1. The van der Waals surface area contributed by atoms with Gasteiger partial charge in [0.1, 0.15) is 6.61 Å². The number of nitrogens with zero attached hydrogens (tertiary/aromatic N) is 2. The molecule has 1 saturated carbocycles. The Kier molecular flexibility index (Phi) is 7.67. The number of hydrogen-bond acceptors (Lipinski definition) is 4. The summed E-state index contributed by atoms with van der Waals surface area (Å²) in [7, 11) is 0. The number of carbonyl (C=O) groups excluding carboxylic acids is 2. The molecule has 0 spiro atoms. The van der Waals surface area contributed by atoms with E-state index in [0.29, 0.717) is 0 Å². The van der Waals surface area contributed by atoms with Crippen LogP contribution in [-0.4, -0.2) is 68.3 Å². The number of halogens is 5. The van der Waals surface area contributed by atoms with Gasteiger partial charge < -0.3 is 20.7 Å². The zero-order valence-electron chi connectivity index (χ0n) is 17.1. The summed E-state index contributed by atoms with van der Waals surface area (Å²) in [6, 6.07) is 2.19. The van der Waals surface area contributed by atoms with E-state index in [4.69, 9.17) is 10.5 Å². The summed E-state index contributed by atoms with van der Waals surface area (Å²) in [6.45, 7) is -1.75. The van der Waals surface area contributed by atoms with Crippen LogP contribution in [0.1, 0.15) is 24.8 Å². The summed E-state index contributed by atoms with van der Waals surface area (Å²) < 4.78 is 71.4. The van der Waals surface area contributed by atoms with E-state index in [1.54, 1.807) is 0 Å². The molecule has 1 aromatic rings. The number of carbonyl (C=O) groups is 2. The van der Waals surface area contributed by atoms with Crippen LogP contribution in [0.3, 0.4) is 0 Å². The number of ether oxygens (including phenoxy) is 1. The lowest BCUT2D eigenvalue weighted by atomic mass is 10.1. The molecule has 2 fully saturated rings. The van der Waals surface area contributed by atoms with Gasteiger partial charge in [-0.2, -0.15) is 13.2 Å². The third-order valence-electron chi connectivity index (χ3n) is 5.33. The van der Waals surface area contributed by atoms with Crippen molar-refractivity contribution in [3.63, 3.8) is 0 Å². The second kappa shape index (κ2) is 10.1. The molecule has 7 nitrogen and oxygen atoms in total. The Morgan fingerprint density at radius 1 is 1.31 bits per heavy atom. The maximum atomic E-state index is 13.7. The lowest BCUT2D eigenvalue weighted by Gasteiger charge is -2.33. The van der Waals surface area contributed by atoms with Gasteiger partial charge in [-0.3, -0.25) is 14.5 Å². The van der Waals surface area contributed by atoms with E-state index in [9.17, 15) is 31.5 Å². The van der Waals surface area contributed by atoms with Crippen molar-refractivity contribution in [3.8, 4) is 0 Å². The minimum Gasteiger partial charge on any atom is -0.676 e. The summed E-state index contributed by atoms with van der Waals surface area (Å²) in [6.07, 6.45) is -6.08. The normalized spacial score (nSPS) is 18.4. The van der Waals surface area contributed by atoms with E-state index in [2.05, 4.69) is 5.32 Å². The Morgan fingerprint density at radius 2 is 2.03 bits per heavy atom. The Balaban J connectivity index is 1.80. The SMILES string of the molecule is [NH-]C[C@H](C(=O)Nc1ccc(N2CCOCC2=O)cc1C(F)F)N(CC1CC1)CC(F)(F)F. The van der Waals surface area contributed by atoms with Crippen molar-refractivity contribution in [1.29, 1.82) is 0 Å². The largest absolute Gasteiger partial charge is 0.676 e. The molecule has 2 amide bonds. The topological polar surface area (TPSA) is 85.7 Å². The van der Waals surface area contributed by atoms with E-state index in [-0.39, 0.29) is 43.6 Å². The van der Waals surface area contributed by atoms with Crippen LogP contribution >= 0.6 is 0 Å². The number of amides is 2. The van der Waals surface area contributed by atoms with Crippen LogP contribution in [0.5, 0.6) is 0 Å². The van der Waals surface area contributed by atoms with Crippen LogP contribution in [-0.2, 0) is 14.3 Å². The Labute approximate surface area is 181 Å². The number of anilines is 2. The molecule has 1 heterocycles. The van der Waals surface area contributed by atoms with Crippen LogP contribution in [0, 0.1) is 5.92 Å². The van der Waals surface area contributed by atoms with Crippen molar-refractivity contribution in [3.05, 3.63) is 29.5 Å². The van der Waals surface area contributed by atoms with E-state index in [1.165, 1.54) is 17.0 Å².